The highest BCUT2D eigenvalue weighted by Gasteiger charge is 2.03. The van der Waals surface area contributed by atoms with Crippen molar-refractivity contribution in [2.45, 2.75) is 30.9 Å². The first-order chi connectivity index (χ1) is 9.17. The smallest absolute Gasteiger partial charge is 0.139 e. The maximum atomic E-state index is 5.58. The number of aryl methyl sites for hydroxylation is 2. The summed E-state index contributed by atoms with van der Waals surface area (Å²) >= 11 is 1.77. The summed E-state index contributed by atoms with van der Waals surface area (Å²) in [6.45, 7) is 4.73. The van der Waals surface area contributed by atoms with Gasteiger partial charge in [0.1, 0.15) is 5.82 Å². The third-order valence-electron chi connectivity index (χ3n) is 2.71. The molecule has 1 aromatic carbocycles. The highest BCUT2D eigenvalue weighted by molar-refractivity contribution is 7.98. The van der Waals surface area contributed by atoms with Crippen molar-refractivity contribution in [3.05, 3.63) is 53.1 Å². The Hall–Kier alpha value is -1.39. The molecule has 0 aliphatic carbocycles. The Balaban J connectivity index is 2.06. The molecule has 2 rings (SSSR count). The molecule has 0 atom stereocenters. The van der Waals surface area contributed by atoms with Gasteiger partial charge in [0.2, 0.25) is 0 Å². The molecule has 19 heavy (non-hydrogen) atoms. The van der Waals surface area contributed by atoms with Crippen molar-refractivity contribution in [2.75, 3.05) is 6.54 Å². The Morgan fingerprint density at radius 2 is 2.00 bits per heavy atom. The van der Waals surface area contributed by atoms with E-state index in [2.05, 4.69) is 41.2 Å². The minimum absolute atomic E-state index is 0.626. The standard InChI is InChI=1S/C15H19N3S/c1-11-4-3-5-14(8-11)19-10-15-17-12(2)9-13(18-15)6-7-16/h3-5,8-9H,6-7,10,16H2,1-2H3. The predicted octanol–water partition coefficient (Wildman–Crippen LogP) is 2.89. The van der Waals surface area contributed by atoms with E-state index in [9.17, 15) is 0 Å². The summed E-state index contributed by atoms with van der Waals surface area (Å²) in [7, 11) is 0. The first kappa shape index (κ1) is 14.0. The van der Waals surface area contributed by atoms with Crippen LogP contribution >= 0.6 is 11.8 Å². The monoisotopic (exact) mass is 273 g/mol. The second-order valence-corrected chi connectivity index (χ2v) is 5.61. The zero-order valence-corrected chi connectivity index (χ0v) is 12.2. The highest BCUT2D eigenvalue weighted by atomic mass is 32.2. The lowest BCUT2D eigenvalue weighted by Gasteiger charge is -2.06. The van der Waals surface area contributed by atoms with Gasteiger partial charge in [-0.3, -0.25) is 0 Å². The molecule has 1 heterocycles. The molecule has 0 saturated heterocycles. The lowest BCUT2D eigenvalue weighted by molar-refractivity contribution is 0.871. The second-order valence-electron chi connectivity index (χ2n) is 4.56. The van der Waals surface area contributed by atoms with E-state index in [4.69, 9.17) is 5.73 Å². The molecule has 0 saturated carbocycles. The van der Waals surface area contributed by atoms with Crippen LogP contribution in [-0.4, -0.2) is 16.5 Å². The molecule has 0 bridgehead atoms. The third kappa shape index (κ3) is 4.33. The van der Waals surface area contributed by atoms with Gasteiger partial charge in [-0.1, -0.05) is 17.7 Å². The lowest BCUT2D eigenvalue weighted by atomic mass is 10.2. The zero-order chi connectivity index (χ0) is 13.7. The van der Waals surface area contributed by atoms with Crippen molar-refractivity contribution in [3.8, 4) is 0 Å². The first-order valence-electron chi connectivity index (χ1n) is 6.40. The Labute approximate surface area is 118 Å². The van der Waals surface area contributed by atoms with Crippen LogP contribution in [0.5, 0.6) is 0 Å². The Kier molecular flexibility index (Phi) is 4.93. The number of rotatable bonds is 5. The van der Waals surface area contributed by atoms with Crippen molar-refractivity contribution >= 4 is 11.8 Å². The summed E-state index contributed by atoms with van der Waals surface area (Å²) in [4.78, 5) is 10.3. The number of hydrogen-bond donors (Lipinski definition) is 1. The van der Waals surface area contributed by atoms with Gasteiger partial charge < -0.3 is 5.73 Å². The van der Waals surface area contributed by atoms with Crippen molar-refractivity contribution in [1.82, 2.24) is 9.97 Å². The number of nitrogens with two attached hydrogens (primary N) is 1. The van der Waals surface area contributed by atoms with Gasteiger partial charge in [0, 0.05) is 22.7 Å². The number of benzene rings is 1. The lowest BCUT2D eigenvalue weighted by Crippen LogP contribution is -2.07. The normalized spacial score (nSPS) is 10.7. The van der Waals surface area contributed by atoms with Crippen molar-refractivity contribution in [3.63, 3.8) is 0 Å². The molecular formula is C15H19N3S. The van der Waals surface area contributed by atoms with E-state index in [-0.39, 0.29) is 0 Å². The van der Waals surface area contributed by atoms with Crippen molar-refractivity contribution in [1.29, 1.82) is 0 Å². The number of thioether (sulfide) groups is 1. The molecule has 3 nitrogen and oxygen atoms in total. The maximum Gasteiger partial charge on any atom is 0.139 e. The summed E-state index contributed by atoms with van der Waals surface area (Å²) in [5.74, 6) is 1.68. The molecule has 100 valence electrons. The summed E-state index contributed by atoms with van der Waals surface area (Å²) in [6, 6.07) is 10.5. The molecule has 2 N–H and O–H groups in total. The molecule has 1 aromatic heterocycles. The van der Waals surface area contributed by atoms with Gasteiger partial charge in [0.05, 0.1) is 5.75 Å². The molecular weight excluding hydrogens is 254 g/mol. The van der Waals surface area contributed by atoms with Gasteiger partial charge in [-0.15, -0.1) is 11.8 Å². The molecule has 2 aromatic rings. The van der Waals surface area contributed by atoms with Gasteiger partial charge >= 0.3 is 0 Å². The van der Waals surface area contributed by atoms with Gasteiger partial charge in [0.15, 0.2) is 0 Å². The fraction of sp³-hybridized carbons (Fsp3) is 0.333. The van der Waals surface area contributed by atoms with Crippen molar-refractivity contribution < 1.29 is 0 Å². The fourth-order valence-electron chi connectivity index (χ4n) is 1.89. The molecule has 0 spiro atoms. The third-order valence-corrected chi connectivity index (χ3v) is 3.70. The van der Waals surface area contributed by atoms with Gasteiger partial charge in [-0.25, -0.2) is 9.97 Å². The van der Waals surface area contributed by atoms with E-state index in [1.54, 1.807) is 11.8 Å². The zero-order valence-electron chi connectivity index (χ0n) is 11.4. The SMILES string of the molecule is Cc1cccc(SCc2nc(C)cc(CCN)n2)c1. The summed E-state index contributed by atoms with van der Waals surface area (Å²) < 4.78 is 0. The van der Waals surface area contributed by atoms with Gasteiger partial charge in [-0.2, -0.15) is 0 Å². The van der Waals surface area contributed by atoms with Gasteiger partial charge in [0.25, 0.3) is 0 Å². The molecule has 0 radical (unpaired) electrons. The van der Waals surface area contributed by atoms with E-state index in [0.717, 1.165) is 29.4 Å². The van der Waals surface area contributed by atoms with Crippen LogP contribution in [0.4, 0.5) is 0 Å². The minimum Gasteiger partial charge on any atom is -0.330 e. The summed E-state index contributed by atoms with van der Waals surface area (Å²) in [6.07, 6.45) is 0.811. The molecule has 0 unspecified atom stereocenters. The highest BCUT2D eigenvalue weighted by Crippen LogP contribution is 2.22. The number of hydrogen-bond acceptors (Lipinski definition) is 4. The minimum atomic E-state index is 0.626. The molecule has 0 fully saturated rings. The summed E-state index contributed by atoms with van der Waals surface area (Å²) in [5.41, 5.74) is 8.90. The predicted molar refractivity (Wildman–Crippen MR) is 80.3 cm³/mol. The quantitative estimate of drug-likeness (QED) is 0.851. The largest absolute Gasteiger partial charge is 0.330 e. The molecule has 0 aliphatic rings. The van der Waals surface area contributed by atoms with Crippen LogP contribution in [0.15, 0.2) is 35.2 Å². The van der Waals surface area contributed by atoms with E-state index >= 15 is 0 Å². The average molecular weight is 273 g/mol. The Morgan fingerprint density at radius 3 is 2.74 bits per heavy atom. The van der Waals surface area contributed by atoms with E-state index < -0.39 is 0 Å². The molecule has 0 aliphatic heterocycles. The van der Waals surface area contributed by atoms with Crippen LogP contribution in [0.3, 0.4) is 0 Å². The second kappa shape index (κ2) is 6.68. The topological polar surface area (TPSA) is 51.8 Å². The van der Waals surface area contributed by atoms with Crippen molar-refractivity contribution in [2.24, 2.45) is 5.73 Å². The molecule has 4 heteroatoms. The van der Waals surface area contributed by atoms with E-state index in [1.165, 1.54) is 10.5 Å². The first-order valence-corrected chi connectivity index (χ1v) is 7.39. The van der Waals surface area contributed by atoms with Crippen LogP contribution in [0.2, 0.25) is 0 Å². The van der Waals surface area contributed by atoms with Gasteiger partial charge in [-0.05, 0) is 38.6 Å². The Bertz CT molecular complexity index is 555. The van der Waals surface area contributed by atoms with E-state index in [0.29, 0.717) is 6.54 Å². The van der Waals surface area contributed by atoms with Crippen LogP contribution in [0, 0.1) is 13.8 Å². The van der Waals surface area contributed by atoms with Crippen LogP contribution in [0.25, 0.3) is 0 Å². The van der Waals surface area contributed by atoms with E-state index in [1.807, 2.05) is 13.0 Å². The summed E-state index contributed by atoms with van der Waals surface area (Å²) in [5, 5.41) is 0. The molecule has 0 amide bonds. The van der Waals surface area contributed by atoms with Crippen LogP contribution in [0.1, 0.15) is 22.8 Å². The number of nitrogens with zero attached hydrogens (tertiary/aromatic N) is 2. The number of aromatic nitrogens is 2. The fourth-order valence-corrected chi connectivity index (χ4v) is 2.76. The van der Waals surface area contributed by atoms with Crippen LogP contribution < -0.4 is 5.73 Å². The maximum absolute atomic E-state index is 5.58. The Morgan fingerprint density at radius 1 is 1.16 bits per heavy atom. The average Bonchev–Trinajstić information content (AvgIpc) is 2.36. The van der Waals surface area contributed by atoms with Crippen LogP contribution in [-0.2, 0) is 12.2 Å².